The molecule has 43 heavy (non-hydrogen) atoms. The Morgan fingerprint density at radius 2 is 1.79 bits per heavy atom. The summed E-state index contributed by atoms with van der Waals surface area (Å²) in [5.74, 6) is -0.978. The van der Waals surface area contributed by atoms with Crippen molar-refractivity contribution in [3.63, 3.8) is 0 Å². The second-order valence-electron chi connectivity index (χ2n) is 10.1. The molecule has 1 N–H and O–H groups in total. The average molecular weight is 579 g/mol. The summed E-state index contributed by atoms with van der Waals surface area (Å²) in [5.41, 5.74) is 0.834. The van der Waals surface area contributed by atoms with E-state index in [1.807, 2.05) is 30.3 Å². The van der Waals surface area contributed by atoms with Gasteiger partial charge in [-0.05, 0) is 61.3 Å². The molecule has 2 aliphatic heterocycles. The van der Waals surface area contributed by atoms with Gasteiger partial charge in [-0.25, -0.2) is 14.2 Å². The number of allylic oxidation sites excluding steroid dienone is 2. The fourth-order valence-electron chi connectivity index (χ4n) is 5.37. The molecule has 9 heteroatoms. The maximum Gasteiger partial charge on any atom is 0.341 e. The molecule has 3 aromatic carbocycles. The molecule has 0 amide bonds. The highest BCUT2D eigenvalue weighted by molar-refractivity contribution is 6.20. The van der Waals surface area contributed by atoms with Crippen molar-refractivity contribution < 1.29 is 23.5 Å². The molecule has 0 radical (unpaired) electrons. The number of nitrogens with one attached hydrogen (secondary N) is 1. The van der Waals surface area contributed by atoms with Gasteiger partial charge in [0.2, 0.25) is 5.54 Å². The van der Waals surface area contributed by atoms with Gasteiger partial charge in [0.1, 0.15) is 23.5 Å². The highest BCUT2D eigenvalue weighted by atomic mass is 19.1. The zero-order chi connectivity index (χ0) is 30.4. The number of nitrogens with zero attached hydrogens (tertiary/aromatic N) is 3. The molecule has 0 aliphatic carbocycles. The van der Waals surface area contributed by atoms with Crippen LogP contribution >= 0.6 is 0 Å². The van der Waals surface area contributed by atoms with Crippen LogP contribution in [0.3, 0.4) is 0 Å². The van der Waals surface area contributed by atoms with E-state index in [2.05, 4.69) is 11.4 Å². The topological polar surface area (TPSA) is 104 Å². The summed E-state index contributed by atoms with van der Waals surface area (Å²) in [6.07, 6.45) is 1.89. The van der Waals surface area contributed by atoms with Crippen molar-refractivity contribution in [3.8, 4) is 11.8 Å². The fourth-order valence-corrected chi connectivity index (χ4v) is 5.37. The molecule has 2 heterocycles. The highest BCUT2D eigenvalue weighted by Gasteiger charge is 2.58. The molecular weight excluding hydrogens is 547 g/mol. The molecule has 218 valence electrons. The minimum atomic E-state index is -1.88. The highest BCUT2D eigenvalue weighted by Crippen LogP contribution is 2.41. The lowest BCUT2D eigenvalue weighted by atomic mass is 9.89. The normalized spacial score (nSPS) is 17.6. The van der Waals surface area contributed by atoms with Crippen LogP contribution in [0, 0.1) is 17.1 Å². The van der Waals surface area contributed by atoms with Crippen molar-refractivity contribution in [1.82, 2.24) is 10.2 Å². The first-order valence-corrected chi connectivity index (χ1v) is 14.0. The lowest BCUT2D eigenvalue weighted by Crippen LogP contribution is -2.62. The number of methoxy groups -OCH3 is 1. The van der Waals surface area contributed by atoms with Gasteiger partial charge in [-0.2, -0.15) is 5.26 Å². The largest absolute Gasteiger partial charge is 0.497 e. The summed E-state index contributed by atoms with van der Waals surface area (Å²) in [6.45, 7) is 2.07. The lowest BCUT2D eigenvalue weighted by Gasteiger charge is -2.41. The smallest absolute Gasteiger partial charge is 0.341 e. The number of carbonyl (C=O) groups is 2. The number of fused-ring (bicyclic) bond motifs is 1. The van der Waals surface area contributed by atoms with Gasteiger partial charge in [0.05, 0.1) is 25.0 Å². The molecule has 1 atom stereocenters. The monoisotopic (exact) mass is 578 g/mol. The van der Waals surface area contributed by atoms with Crippen LogP contribution in [0.4, 0.5) is 4.39 Å². The summed E-state index contributed by atoms with van der Waals surface area (Å²) in [5, 5.41) is 13.8. The molecule has 0 aromatic heterocycles. The van der Waals surface area contributed by atoms with Crippen molar-refractivity contribution in [2.45, 2.75) is 25.3 Å². The number of hydrogen-bond acceptors (Lipinski definition) is 8. The molecule has 0 saturated carbocycles. The maximum atomic E-state index is 15.0. The molecule has 1 unspecified atom stereocenters. The third-order valence-electron chi connectivity index (χ3n) is 7.52. The number of ketones is 1. The first-order chi connectivity index (χ1) is 20.9. The summed E-state index contributed by atoms with van der Waals surface area (Å²) in [4.78, 5) is 33.9. The van der Waals surface area contributed by atoms with Crippen molar-refractivity contribution in [1.29, 1.82) is 5.26 Å². The molecular formula is C34H31FN4O4. The SMILES string of the molecule is CCOC(=O)C1(CNCCc2ccccc2)C(=O)C=C2N=C(c3ccc(OC)cc3)C(C#N)=C(Cc3ccccc3F)N21. The van der Waals surface area contributed by atoms with Crippen LogP contribution in [0.5, 0.6) is 5.75 Å². The predicted octanol–water partition coefficient (Wildman–Crippen LogP) is 4.52. The van der Waals surface area contributed by atoms with E-state index in [0.29, 0.717) is 35.6 Å². The second-order valence-corrected chi connectivity index (χ2v) is 10.1. The van der Waals surface area contributed by atoms with Gasteiger partial charge in [-0.1, -0.05) is 48.5 Å². The Bertz CT molecular complexity index is 1660. The van der Waals surface area contributed by atoms with Gasteiger partial charge in [0.25, 0.3) is 0 Å². The third-order valence-corrected chi connectivity index (χ3v) is 7.52. The molecule has 3 aromatic rings. The number of aliphatic imine (C=N–C) groups is 1. The number of rotatable bonds is 11. The van der Waals surface area contributed by atoms with E-state index in [1.165, 1.54) is 17.0 Å². The molecule has 0 saturated heterocycles. The maximum absolute atomic E-state index is 15.0. The third kappa shape index (κ3) is 5.70. The number of esters is 1. The molecule has 0 bridgehead atoms. The number of nitriles is 1. The molecule has 5 rings (SSSR count). The minimum absolute atomic E-state index is 0.0406. The van der Waals surface area contributed by atoms with Gasteiger partial charge >= 0.3 is 5.97 Å². The molecule has 0 fully saturated rings. The molecule has 8 nitrogen and oxygen atoms in total. The minimum Gasteiger partial charge on any atom is -0.497 e. The van der Waals surface area contributed by atoms with Crippen LogP contribution < -0.4 is 10.1 Å². The number of halogens is 1. The first kappa shape index (κ1) is 29.4. The van der Waals surface area contributed by atoms with Crippen molar-refractivity contribution in [3.05, 3.63) is 125 Å². The Morgan fingerprint density at radius 3 is 2.47 bits per heavy atom. The first-order valence-electron chi connectivity index (χ1n) is 14.0. The summed E-state index contributed by atoms with van der Waals surface area (Å²) in [6, 6.07) is 25.3. The number of benzene rings is 3. The van der Waals surface area contributed by atoms with Crippen molar-refractivity contribution in [2.24, 2.45) is 4.99 Å². The zero-order valence-electron chi connectivity index (χ0n) is 24.0. The number of hydrogen-bond donors (Lipinski definition) is 1. The van der Waals surface area contributed by atoms with Crippen LogP contribution in [0.15, 0.2) is 107 Å². The van der Waals surface area contributed by atoms with Crippen molar-refractivity contribution in [2.75, 3.05) is 26.8 Å². The van der Waals surface area contributed by atoms with E-state index < -0.39 is 23.1 Å². The van der Waals surface area contributed by atoms with Gasteiger partial charge < -0.3 is 19.7 Å². The number of ether oxygens (including phenoxy) is 2. The Balaban J connectivity index is 1.61. The Labute approximate surface area is 249 Å². The molecule has 2 aliphatic rings. The van der Waals surface area contributed by atoms with E-state index in [1.54, 1.807) is 56.5 Å². The second kappa shape index (κ2) is 12.8. The van der Waals surface area contributed by atoms with Crippen LogP contribution in [-0.2, 0) is 27.2 Å². The average Bonchev–Trinajstić information content (AvgIpc) is 3.32. The standard InChI is InChI=1S/C34H31FN4O4/c1-3-43-33(41)34(22-37-18-17-23-9-5-4-6-10-23)30(40)20-31-38-32(24-13-15-26(42-2)16-14-24)27(21-36)29(39(31)34)19-25-11-7-8-12-28(25)35/h4-16,20,37H,3,17-19,22H2,1-2H3. The lowest BCUT2D eigenvalue weighted by molar-refractivity contribution is -0.157. The fraction of sp³-hybridized carbons (Fsp3) is 0.235. The van der Waals surface area contributed by atoms with Crippen LogP contribution in [-0.4, -0.2) is 54.7 Å². The van der Waals surface area contributed by atoms with Crippen LogP contribution in [0.2, 0.25) is 0 Å². The van der Waals surface area contributed by atoms with E-state index >= 15 is 4.39 Å². The Hall–Kier alpha value is -5.07. The van der Waals surface area contributed by atoms with Crippen molar-refractivity contribution >= 4 is 17.5 Å². The van der Waals surface area contributed by atoms with Gasteiger partial charge in [-0.15, -0.1) is 0 Å². The summed E-state index contributed by atoms with van der Waals surface area (Å²) < 4.78 is 25.8. The van der Waals surface area contributed by atoms with Crippen LogP contribution in [0.1, 0.15) is 23.6 Å². The van der Waals surface area contributed by atoms with E-state index in [0.717, 1.165) is 5.56 Å². The quantitative estimate of drug-likeness (QED) is 0.203. The Morgan fingerprint density at radius 1 is 1.07 bits per heavy atom. The summed E-state index contributed by atoms with van der Waals surface area (Å²) >= 11 is 0. The van der Waals surface area contributed by atoms with E-state index in [9.17, 15) is 14.9 Å². The van der Waals surface area contributed by atoms with Gasteiger partial charge in [0, 0.05) is 30.3 Å². The zero-order valence-corrected chi connectivity index (χ0v) is 24.0. The number of carbonyl (C=O) groups excluding carboxylic acids is 2. The summed E-state index contributed by atoms with van der Waals surface area (Å²) in [7, 11) is 1.55. The van der Waals surface area contributed by atoms with Crippen LogP contribution in [0.25, 0.3) is 0 Å². The predicted molar refractivity (Wildman–Crippen MR) is 160 cm³/mol. The molecule has 0 spiro atoms. The Kier molecular flexibility index (Phi) is 8.79. The van der Waals surface area contributed by atoms with Gasteiger partial charge in [-0.3, -0.25) is 4.79 Å². The van der Waals surface area contributed by atoms with E-state index in [-0.39, 0.29) is 36.7 Å². The van der Waals surface area contributed by atoms with Gasteiger partial charge in [0.15, 0.2) is 5.78 Å². The van der Waals surface area contributed by atoms with E-state index in [4.69, 9.17) is 14.5 Å².